The van der Waals surface area contributed by atoms with Crippen molar-refractivity contribution in [1.29, 1.82) is 0 Å². The first-order valence-corrected chi connectivity index (χ1v) is 6.81. The first-order valence-electron chi connectivity index (χ1n) is 6.02. The van der Waals surface area contributed by atoms with Gasteiger partial charge < -0.3 is 0 Å². The molecule has 1 aliphatic carbocycles. The van der Waals surface area contributed by atoms with E-state index < -0.39 is 0 Å². The number of rotatable bonds is 1. The Bertz CT molecular complexity index is 613. The molecule has 1 aliphatic rings. The molecule has 0 spiro atoms. The van der Waals surface area contributed by atoms with Crippen molar-refractivity contribution < 1.29 is 4.79 Å². The molecule has 18 heavy (non-hydrogen) atoms. The summed E-state index contributed by atoms with van der Waals surface area (Å²) >= 11 is 3.42. The number of fused-ring (bicyclic) bond motifs is 1. The number of aromatic nitrogens is 2. The van der Waals surface area contributed by atoms with Gasteiger partial charge in [-0.2, -0.15) is 5.10 Å². The number of nitrogens with zero attached hydrogens (tertiary/aromatic N) is 2. The number of aryl methyl sites for hydroxylation is 1. The normalized spacial score (nSPS) is 14.7. The first-order chi connectivity index (χ1) is 8.66. The molecule has 0 saturated heterocycles. The van der Waals surface area contributed by atoms with Gasteiger partial charge in [-0.15, -0.1) is 0 Å². The fourth-order valence-corrected chi connectivity index (χ4v) is 2.75. The molecule has 0 atom stereocenters. The molecule has 92 valence electrons. The number of carbonyl (C=O) groups excluding carboxylic acids is 1. The van der Waals surface area contributed by atoms with Crippen molar-refractivity contribution in [3.63, 3.8) is 0 Å². The molecule has 1 aromatic heterocycles. The maximum Gasteiger partial charge on any atom is 0.166 e. The highest BCUT2D eigenvalue weighted by Gasteiger charge is 2.26. The zero-order valence-electron chi connectivity index (χ0n) is 10.1. The van der Waals surface area contributed by atoms with Crippen molar-refractivity contribution in [2.75, 3.05) is 0 Å². The second-order valence-electron chi connectivity index (χ2n) is 4.58. The molecule has 0 aliphatic heterocycles. The van der Waals surface area contributed by atoms with Crippen LogP contribution in [0.2, 0.25) is 0 Å². The lowest BCUT2D eigenvalue weighted by Gasteiger charge is -2.11. The van der Waals surface area contributed by atoms with Crippen LogP contribution in [0.3, 0.4) is 0 Å². The summed E-state index contributed by atoms with van der Waals surface area (Å²) in [4.78, 5) is 12.1. The second kappa shape index (κ2) is 4.35. The molecule has 0 radical (unpaired) electrons. The van der Waals surface area contributed by atoms with E-state index in [0.717, 1.165) is 39.8 Å². The highest BCUT2D eigenvalue weighted by molar-refractivity contribution is 9.10. The minimum atomic E-state index is 0.224. The minimum Gasteiger partial charge on any atom is -0.294 e. The molecule has 1 heterocycles. The van der Waals surface area contributed by atoms with Crippen LogP contribution in [0.4, 0.5) is 0 Å². The lowest BCUT2D eigenvalue weighted by Crippen LogP contribution is -2.12. The molecule has 0 unspecified atom stereocenters. The minimum absolute atomic E-state index is 0.224. The predicted molar refractivity (Wildman–Crippen MR) is 73.6 cm³/mol. The van der Waals surface area contributed by atoms with E-state index in [1.165, 1.54) is 0 Å². The van der Waals surface area contributed by atoms with Gasteiger partial charge in [-0.3, -0.25) is 9.48 Å². The van der Waals surface area contributed by atoms with Gasteiger partial charge >= 0.3 is 0 Å². The summed E-state index contributed by atoms with van der Waals surface area (Å²) in [6, 6.07) is 7.94. The van der Waals surface area contributed by atoms with Crippen molar-refractivity contribution in [3.8, 4) is 11.3 Å². The SMILES string of the molecule is Cn1nc(-c2ccc(Br)cc2)c2c1CCCC2=O. The van der Waals surface area contributed by atoms with Crippen LogP contribution in [0, 0.1) is 0 Å². The van der Waals surface area contributed by atoms with Crippen LogP contribution in [-0.4, -0.2) is 15.6 Å². The zero-order valence-corrected chi connectivity index (χ0v) is 11.7. The van der Waals surface area contributed by atoms with E-state index >= 15 is 0 Å². The van der Waals surface area contributed by atoms with E-state index in [1.807, 2.05) is 36.0 Å². The summed E-state index contributed by atoms with van der Waals surface area (Å²) in [7, 11) is 1.92. The van der Waals surface area contributed by atoms with Gasteiger partial charge in [0.1, 0.15) is 5.69 Å². The molecule has 0 bridgehead atoms. The standard InChI is InChI=1S/C14H13BrN2O/c1-17-11-3-2-4-12(18)13(11)14(16-17)9-5-7-10(15)8-6-9/h5-8H,2-4H2,1H3. The van der Waals surface area contributed by atoms with Crippen LogP contribution < -0.4 is 0 Å². The predicted octanol–water partition coefficient (Wildman–Crippen LogP) is 3.37. The Labute approximate surface area is 114 Å². The average Bonchev–Trinajstić information content (AvgIpc) is 2.70. The molecular formula is C14H13BrN2O. The molecule has 0 saturated carbocycles. The fourth-order valence-electron chi connectivity index (χ4n) is 2.49. The van der Waals surface area contributed by atoms with Gasteiger partial charge in [0.2, 0.25) is 0 Å². The topological polar surface area (TPSA) is 34.9 Å². The lowest BCUT2D eigenvalue weighted by atomic mass is 9.92. The van der Waals surface area contributed by atoms with Crippen LogP contribution in [0.1, 0.15) is 28.9 Å². The van der Waals surface area contributed by atoms with E-state index in [1.54, 1.807) is 0 Å². The Morgan fingerprint density at radius 3 is 2.67 bits per heavy atom. The summed E-state index contributed by atoms with van der Waals surface area (Å²) in [5, 5.41) is 4.52. The van der Waals surface area contributed by atoms with Crippen molar-refractivity contribution in [2.24, 2.45) is 7.05 Å². The van der Waals surface area contributed by atoms with E-state index in [0.29, 0.717) is 6.42 Å². The van der Waals surface area contributed by atoms with Gasteiger partial charge in [0, 0.05) is 29.2 Å². The van der Waals surface area contributed by atoms with Crippen molar-refractivity contribution in [2.45, 2.75) is 19.3 Å². The third-order valence-corrected chi connectivity index (χ3v) is 3.91. The van der Waals surface area contributed by atoms with Gasteiger partial charge in [-0.05, 0) is 25.0 Å². The summed E-state index contributed by atoms with van der Waals surface area (Å²) in [6.45, 7) is 0. The fraction of sp³-hybridized carbons (Fsp3) is 0.286. The molecule has 0 amide bonds. The smallest absolute Gasteiger partial charge is 0.166 e. The number of Topliss-reactive ketones (excluding diaryl/α,β-unsaturated/α-hetero) is 1. The third-order valence-electron chi connectivity index (χ3n) is 3.38. The highest BCUT2D eigenvalue weighted by atomic mass is 79.9. The third kappa shape index (κ3) is 1.81. The molecule has 3 nitrogen and oxygen atoms in total. The number of halogens is 1. The zero-order chi connectivity index (χ0) is 12.7. The Morgan fingerprint density at radius 1 is 1.22 bits per heavy atom. The van der Waals surface area contributed by atoms with E-state index in [4.69, 9.17) is 0 Å². The number of hydrogen-bond donors (Lipinski definition) is 0. The monoisotopic (exact) mass is 304 g/mol. The van der Waals surface area contributed by atoms with E-state index in [-0.39, 0.29) is 5.78 Å². The first kappa shape index (κ1) is 11.7. The number of carbonyl (C=O) groups is 1. The van der Waals surface area contributed by atoms with Gasteiger partial charge in [-0.1, -0.05) is 28.1 Å². The average molecular weight is 305 g/mol. The van der Waals surface area contributed by atoms with E-state index in [9.17, 15) is 4.79 Å². The van der Waals surface area contributed by atoms with Crippen molar-refractivity contribution in [3.05, 3.63) is 40.0 Å². The van der Waals surface area contributed by atoms with Crippen LogP contribution in [0.15, 0.2) is 28.7 Å². The summed E-state index contributed by atoms with van der Waals surface area (Å²) in [6.07, 6.45) is 2.52. The maximum absolute atomic E-state index is 12.1. The van der Waals surface area contributed by atoms with Gasteiger partial charge in [0.15, 0.2) is 5.78 Å². The summed E-state index contributed by atoms with van der Waals surface area (Å²) in [5.74, 6) is 0.224. The summed E-state index contributed by atoms with van der Waals surface area (Å²) < 4.78 is 2.88. The Hall–Kier alpha value is -1.42. The van der Waals surface area contributed by atoms with Crippen LogP contribution in [0.25, 0.3) is 11.3 Å². The Kier molecular flexibility index (Phi) is 2.82. The van der Waals surface area contributed by atoms with Gasteiger partial charge in [-0.25, -0.2) is 0 Å². The highest BCUT2D eigenvalue weighted by Crippen LogP contribution is 2.31. The Balaban J connectivity index is 2.18. The second-order valence-corrected chi connectivity index (χ2v) is 5.49. The molecule has 0 fully saturated rings. The molecule has 2 aromatic rings. The molecule has 3 rings (SSSR count). The van der Waals surface area contributed by atoms with Gasteiger partial charge in [0.25, 0.3) is 0 Å². The lowest BCUT2D eigenvalue weighted by molar-refractivity contribution is 0.0972. The number of ketones is 1. The maximum atomic E-state index is 12.1. The van der Waals surface area contributed by atoms with Gasteiger partial charge in [0.05, 0.1) is 5.56 Å². The molecule has 0 N–H and O–H groups in total. The molecular weight excluding hydrogens is 292 g/mol. The number of benzene rings is 1. The van der Waals surface area contributed by atoms with Crippen molar-refractivity contribution in [1.82, 2.24) is 9.78 Å². The summed E-state index contributed by atoms with van der Waals surface area (Å²) in [5.41, 5.74) is 3.73. The van der Waals surface area contributed by atoms with Crippen LogP contribution >= 0.6 is 15.9 Å². The Morgan fingerprint density at radius 2 is 1.94 bits per heavy atom. The molecule has 4 heteroatoms. The quantitative estimate of drug-likeness (QED) is 0.809. The molecule has 1 aromatic carbocycles. The van der Waals surface area contributed by atoms with Crippen molar-refractivity contribution >= 4 is 21.7 Å². The van der Waals surface area contributed by atoms with Crippen LogP contribution in [0.5, 0.6) is 0 Å². The largest absolute Gasteiger partial charge is 0.294 e. The number of hydrogen-bond acceptors (Lipinski definition) is 2. The van der Waals surface area contributed by atoms with E-state index in [2.05, 4.69) is 21.0 Å². The van der Waals surface area contributed by atoms with Crippen LogP contribution in [-0.2, 0) is 13.5 Å².